The number of nitrogens with zero attached hydrogens (tertiary/aromatic N) is 2. The zero-order chi connectivity index (χ0) is 27.5. The normalized spacial score (nSPS) is 10.8. The van der Waals surface area contributed by atoms with Crippen molar-refractivity contribution in [2.24, 2.45) is 0 Å². The second kappa shape index (κ2) is 14.2. The number of rotatable bonds is 14. The van der Waals surface area contributed by atoms with Crippen molar-refractivity contribution in [1.29, 1.82) is 0 Å². The van der Waals surface area contributed by atoms with Gasteiger partial charge in [-0.15, -0.1) is 5.10 Å². The molecule has 1 aromatic heterocycles. The van der Waals surface area contributed by atoms with Crippen LogP contribution in [0.4, 0.5) is 0 Å². The fourth-order valence-electron chi connectivity index (χ4n) is 3.99. The molecule has 0 saturated heterocycles. The molecule has 39 heavy (non-hydrogen) atoms. The highest BCUT2D eigenvalue weighted by Gasteiger charge is 2.18. The van der Waals surface area contributed by atoms with E-state index in [9.17, 15) is 9.59 Å². The third-order valence-corrected chi connectivity index (χ3v) is 6.58. The van der Waals surface area contributed by atoms with E-state index >= 15 is 0 Å². The molecule has 0 bridgehead atoms. The Morgan fingerprint density at radius 3 is 1.74 bits per heavy atom. The zero-order valence-electron chi connectivity index (χ0n) is 22.2. The maximum Gasteiger partial charge on any atom is 0.309 e. The minimum Gasteiger partial charge on any atom is -0.492 e. The number of esters is 2. The first-order chi connectivity index (χ1) is 19.1. The van der Waals surface area contributed by atoms with Gasteiger partial charge in [0.1, 0.15) is 17.0 Å². The van der Waals surface area contributed by atoms with Crippen LogP contribution in [0, 0.1) is 0 Å². The molecule has 1 heterocycles. The minimum absolute atomic E-state index is 0.175. The van der Waals surface area contributed by atoms with Crippen molar-refractivity contribution in [3.63, 3.8) is 0 Å². The Morgan fingerprint density at radius 1 is 0.667 bits per heavy atom. The quantitative estimate of drug-likeness (QED) is 0.165. The third kappa shape index (κ3) is 7.32. The lowest BCUT2D eigenvalue weighted by Gasteiger charge is -2.14. The van der Waals surface area contributed by atoms with Gasteiger partial charge in [-0.3, -0.25) is 9.59 Å². The predicted octanol–water partition coefficient (Wildman–Crippen LogP) is 6.47. The summed E-state index contributed by atoms with van der Waals surface area (Å²) in [7, 11) is 0. The molecule has 9 heteroatoms. The van der Waals surface area contributed by atoms with Gasteiger partial charge in [0.25, 0.3) is 0 Å². The van der Waals surface area contributed by atoms with E-state index in [2.05, 4.69) is 9.59 Å². The van der Waals surface area contributed by atoms with Gasteiger partial charge in [-0.2, -0.15) is 0 Å². The van der Waals surface area contributed by atoms with Gasteiger partial charge in [0.15, 0.2) is 0 Å². The molecule has 3 aromatic carbocycles. The molecule has 4 rings (SSSR count). The van der Waals surface area contributed by atoms with E-state index in [1.165, 1.54) is 11.5 Å². The molecule has 0 radical (unpaired) electrons. The first-order valence-electron chi connectivity index (χ1n) is 13.1. The van der Waals surface area contributed by atoms with Gasteiger partial charge in [-0.05, 0) is 36.5 Å². The van der Waals surface area contributed by atoms with Crippen molar-refractivity contribution >= 4 is 33.7 Å². The van der Waals surface area contributed by atoms with Gasteiger partial charge in [0.05, 0.1) is 44.0 Å². The fraction of sp³-hybridized carbons (Fsp3) is 0.333. The summed E-state index contributed by atoms with van der Waals surface area (Å²) in [6.45, 7) is 5.18. The third-order valence-electron chi connectivity index (χ3n) is 5.82. The van der Waals surface area contributed by atoms with E-state index in [4.69, 9.17) is 18.9 Å². The highest BCUT2D eigenvalue weighted by atomic mass is 32.1. The summed E-state index contributed by atoms with van der Waals surface area (Å²) < 4.78 is 27.4. The highest BCUT2D eigenvalue weighted by molar-refractivity contribution is 7.13. The Balaban J connectivity index is 1.56. The zero-order valence-corrected chi connectivity index (χ0v) is 23.0. The van der Waals surface area contributed by atoms with Crippen molar-refractivity contribution in [3.05, 3.63) is 60.7 Å². The number of carbonyl (C=O) groups is 2. The van der Waals surface area contributed by atoms with Gasteiger partial charge in [-0.25, -0.2) is 0 Å². The van der Waals surface area contributed by atoms with Crippen LogP contribution in [0.3, 0.4) is 0 Å². The van der Waals surface area contributed by atoms with E-state index < -0.39 is 0 Å². The molecule has 0 aliphatic rings. The number of fused-ring (bicyclic) bond motifs is 1. The Kier molecular flexibility index (Phi) is 10.2. The van der Waals surface area contributed by atoms with Crippen LogP contribution >= 0.6 is 11.5 Å². The predicted molar refractivity (Wildman–Crippen MR) is 151 cm³/mol. The van der Waals surface area contributed by atoms with Crippen molar-refractivity contribution in [1.82, 2.24) is 9.59 Å². The molecule has 0 aliphatic heterocycles. The Bertz CT molecular complexity index is 1300. The second-order valence-electron chi connectivity index (χ2n) is 8.74. The lowest BCUT2D eigenvalue weighted by Crippen LogP contribution is -2.10. The van der Waals surface area contributed by atoms with Crippen LogP contribution in [0.2, 0.25) is 0 Å². The van der Waals surface area contributed by atoms with Crippen LogP contribution in [0.1, 0.15) is 39.5 Å². The fourth-order valence-corrected chi connectivity index (χ4v) is 4.71. The van der Waals surface area contributed by atoms with Gasteiger partial charge < -0.3 is 18.9 Å². The van der Waals surface area contributed by atoms with E-state index in [0.29, 0.717) is 24.7 Å². The smallest absolute Gasteiger partial charge is 0.309 e. The average Bonchev–Trinajstić information content (AvgIpc) is 3.45. The molecule has 0 unspecified atom stereocenters. The van der Waals surface area contributed by atoms with Crippen LogP contribution in [-0.2, 0) is 19.1 Å². The maximum absolute atomic E-state index is 11.9. The number of carbonyl (C=O) groups excluding carboxylic acids is 2. The molecule has 0 atom stereocenters. The molecule has 0 aliphatic carbocycles. The lowest BCUT2D eigenvalue weighted by molar-refractivity contribution is -0.145. The summed E-state index contributed by atoms with van der Waals surface area (Å²) in [4.78, 5) is 23.8. The second-order valence-corrected chi connectivity index (χ2v) is 9.50. The number of para-hydroxylation sites is 2. The summed E-state index contributed by atoms with van der Waals surface area (Å²) in [6.07, 6.45) is 1.92. The van der Waals surface area contributed by atoms with Gasteiger partial charge in [-0.1, -0.05) is 66.9 Å². The van der Waals surface area contributed by atoms with Crippen LogP contribution in [0.25, 0.3) is 32.5 Å². The number of aromatic nitrogens is 2. The van der Waals surface area contributed by atoms with Crippen molar-refractivity contribution in [2.45, 2.75) is 39.5 Å². The molecule has 4 aromatic rings. The molecule has 8 nitrogen and oxygen atoms in total. The van der Waals surface area contributed by atoms with Crippen LogP contribution in [0.5, 0.6) is 11.5 Å². The van der Waals surface area contributed by atoms with E-state index in [0.717, 1.165) is 45.3 Å². The van der Waals surface area contributed by atoms with Gasteiger partial charge in [0.2, 0.25) is 0 Å². The van der Waals surface area contributed by atoms with E-state index in [1.807, 2.05) is 74.5 Å². The van der Waals surface area contributed by atoms with Crippen molar-refractivity contribution in [3.8, 4) is 33.8 Å². The number of hydrogen-bond donors (Lipinski definition) is 0. The van der Waals surface area contributed by atoms with Gasteiger partial charge in [0, 0.05) is 22.3 Å². The Morgan fingerprint density at radius 2 is 1.18 bits per heavy atom. The molecular formula is C30H32N2O6S. The van der Waals surface area contributed by atoms with E-state index in [-0.39, 0.29) is 38.0 Å². The Labute approximate surface area is 232 Å². The average molecular weight is 549 g/mol. The standard InChI is InChI=1S/C30H32N2O6S/c1-3-17-37-27(33)15-19-35-25-11-7-5-9-21(25)23-13-14-24(30-29(23)31-32-39-30)22-10-6-8-12-26(22)36-20-16-28(34)38-18-4-2/h5-14H,3-4,15-20H2,1-2H3. The molecular weight excluding hydrogens is 516 g/mol. The monoisotopic (exact) mass is 548 g/mol. The molecule has 204 valence electrons. The Hall–Kier alpha value is -3.98. The molecule has 0 amide bonds. The number of benzene rings is 3. The molecule has 0 fully saturated rings. The summed E-state index contributed by atoms with van der Waals surface area (Å²) in [5.41, 5.74) is 4.30. The van der Waals surface area contributed by atoms with Gasteiger partial charge >= 0.3 is 11.9 Å². The SMILES string of the molecule is CCCOC(=O)CCOc1ccccc1-c1ccc(-c2ccccc2OCCC(=O)OCCC)c2snnc12. The summed E-state index contributed by atoms with van der Waals surface area (Å²) in [5, 5.41) is 4.44. The molecule has 0 saturated carbocycles. The first-order valence-corrected chi connectivity index (χ1v) is 13.9. The van der Waals surface area contributed by atoms with Crippen molar-refractivity contribution < 1.29 is 28.5 Å². The minimum atomic E-state index is -0.275. The number of ether oxygens (including phenoxy) is 4. The van der Waals surface area contributed by atoms with E-state index in [1.54, 1.807) is 0 Å². The number of hydrogen-bond acceptors (Lipinski definition) is 9. The molecule has 0 spiro atoms. The highest BCUT2D eigenvalue weighted by Crippen LogP contribution is 2.41. The van der Waals surface area contributed by atoms with Crippen LogP contribution < -0.4 is 9.47 Å². The summed E-state index contributed by atoms with van der Waals surface area (Å²) >= 11 is 1.31. The summed E-state index contributed by atoms with van der Waals surface area (Å²) in [6, 6.07) is 19.4. The topological polar surface area (TPSA) is 96.8 Å². The van der Waals surface area contributed by atoms with Crippen LogP contribution in [0.15, 0.2) is 60.7 Å². The lowest BCUT2D eigenvalue weighted by atomic mass is 9.98. The largest absolute Gasteiger partial charge is 0.492 e. The molecule has 0 N–H and O–H groups in total. The maximum atomic E-state index is 11.9. The van der Waals surface area contributed by atoms with Crippen molar-refractivity contribution in [2.75, 3.05) is 26.4 Å². The van der Waals surface area contributed by atoms with Crippen LogP contribution in [-0.4, -0.2) is 48.0 Å². The summed E-state index contributed by atoms with van der Waals surface area (Å²) in [5.74, 6) is 0.776. The first kappa shape index (κ1) is 28.0.